The van der Waals surface area contributed by atoms with Gasteiger partial charge >= 0.3 is 0 Å². The van der Waals surface area contributed by atoms with Gasteiger partial charge in [0.2, 0.25) is 11.8 Å². The molecular weight excluding hydrogens is 416 g/mol. The van der Waals surface area contributed by atoms with Crippen LogP contribution in [0.5, 0.6) is 11.5 Å². The molecule has 0 aliphatic carbocycles. The predicted molar refractivity (Wildman–Crippen MR) is 125 cm³/mol. The molecule has 166 valence electrons. The number of nitrogens with one attached hydrogen (secondary N) is 1. The maximum atomic E-state index is 14.0. The van der Waals surface area contributed by atoms with Gasteiger partial charge in [-0.3, -0.25) is 9.59 Å². The average Bonchev–Trinajstić information content (AvgIpc) is 3.48. The van der Waals surface area contributed by atoms with Crippen LogP contribution in [0.3, 0.4) is 0 Å². The molecule has 6 nitrogen and oxygen atoms in total. The Morgan fingerprint density at radius 3 is 2.61 bits per heavy atom. The lowest BCUT2D eigenvalue weighted by molar-refractivity contribution is -0.124. The molecule has 0 radical (unpaired) electrons. The van der Waals surface area contributed by atoms with Crippen LogP contribution >= 0.6 is 0 Å². The predicted octanol–water partition coefficient (Wildman–Crippen LogP) is 3.90. The van der Waals surface area contributed by atoms with Crippen LogP contribution in [0.1, 0.15) is 27.8 Å². The molecular formula is C27H24N2O4. The van der Waals surface area contributed by atoms with E-state index >= 15 is 0 Å². The highest BCUT2D eigenvalue weighted by atomic mass is 16.5. The van der Waals surface area contributed by atoms with E-state index in [1.807, 2.05) is 62.4 Å². The topological polar surface area (TPSA) is 67.9 Å². The lowest BCUT2D eigenvalue weighted by atomic mass is 9.76. The average molecular weight is 440 g/mol. The van der Waals surface area contributed by atoms with Crippen LogP contribution in [0.2, 0.25) is 0 Å². The molecule has 0 aromatic heterocycles. The van der Waals surface area contributed by atoms with Crippen molar-refractivity contribution < 1.29 is 19.1 Å². The summed E-state index contributed by atoms with van der Waals surface area (Å²) >= 11 is 0. The van der Waals surface area contributed by atoms with Crippen molar-refractivity contribution in [2.24, 2.45) is 0 Å². The number of hydrogen-bond donors (Lipinski definition) is 1. The van der Waals surface area contributed by atoms with Gasteiger partial charge in [-0.1, -0.05) is 36.4 Å². The van der Waals surface area contributed by atoms with Gasteiger partial charge in [-0.15, -0.1) is 0 Å². The summed E-state index contributed by atoms with van der Waals surface area (Å²) < 4.78 is 11.7. The number of amides is 2. The maximum Gasteiger partial charge on any atom is 0.246 e. The summed E-state index contributed by atoms with van der Waals surface area (Å²) in [6, 6.07) is 17.5. The van der Waals surface area contributed by atoms with E-state index in [2.05, 4.69) is 11.4 Å². The summed E-state index contributed by atoms with van der Waals surface area (Å²) in [5, 5.41) is 3.01. The fourth-order valence-corrected chi connectivity index (χ4v) is 5.34. The number of benzene rings is 3. The lowest BCUT2D eigenvalue weighted by Gasteiger charge is -2.23. The van der Waals surface area contributed by atoms with Crippen LogP contribution in [0.15, 0.2) is 54.6 Å². The van der Waals surface area contributed by atoms with Crippen molar-refractivity contribution in [1.29, 1.82) is 0 Å². The molecule has 3 aromatic carbocycles. The van der Waals surface area contributed by atoms with Crippen molar-refractivity contribution in [2.75, 3.05) is 30.0 Å². The number of nitrogens with zero attached hydrogens (tertiary/aromatic N) is 1. The maximum absolute atomic E-state index is 14.0. The van der Waals surface area contributed by atoms with E-state index in [-0.39, 0.29) is 25.0 Å². The van der Waals surface area contributed by atoms with E-state index in [0.717, 1.165) is 51.4 Å². The minimum absolute atomic E-state index is 0.0608. The highest BCUT2D eigenvalue weighted by Crippen LogP contribution is 2.53. The number of ether oxygens (including phenoxy) is 2. The Labute approximate surface area is 192 Å². The summed E-state index contributed by atoms with van der Waals surface area (Å²) in [6.07, 6.45) is 0.816. The van der Waals surface area contributed by atoms with Gasteiger partial charge < -0.3 is 19.7 Å². The van der Waals surface area contributed by atoms with E-state index in [1.54, 1.807) is 4.90 Å². The summed E-state index contributed by atoms with van der Waals surface area (Å²) in [4.78, 5) is 28.7. The molecule has 1 unspecified atom stereocenters. The second kappa shape index (κ2) is 7.10. The smallest absolute Gasteiger partial charge is 0.246 e. The van der Waals surface area contributed by atoms with Crippen molar-refractivity contribution in [3.8, 4) is 11.5 Å². The molecule has 6 heteroatoms. The first-order valence-electron chi connectivity index (χ1n) is 11.2. The van der Waals surface area contributed by atoms with E-state index < -0.39 is 5.41 Å². The van der Waals surface area contributed by atoms with Crippen LogP contribution in [0.25, 0.3) is 0 Å². The first-order chi connectivity index (χ1) is 16.0. The van der Waals surface area contributed by atoms with Gasteiger partial charge in [0.05, 0.1) is 6.61 Å². The van der Waals surface area contributed by atoms with Crippen LogP contribution in [-0.2, 0) is 21.4 Å². The quantitative estimate of drug-likeness (QED) is 0.671. The Hall–Kier alpha value is -3.80. The molecule has 33 heavy (non-hydrogen) atoms. The molecule has 0 bridgehead atoms. The second-order valence-electron chi connectivity index (χ2n) is 8.97. The van der Waals surface area contributed by atoms with E-state index in [9.17, 15) is 9.59 Å². The monoisotopic (exact) mass is 440 g/mol. The number of carbonyl (C=O) groups excluding carboxylic acids is 2. The third-order valence-electron chi connectivity index (χ3n) is 7.01. The van der Waals surface area contributed by atoms with Gasteiger partial charge in [0.25, 0.3) is 0 Å². The zero-order valence-corrected chi connectivity index (χ0v) is 18.6. The number of carbonyl (C=O) groups is 2. The van der Waals surface area contributed by atoms with Crippen LogP contribution in [0.4, 0.5) is 11.4 Å². The van der Waals surface area contributed by atoms with Gasteiger partial charge in [0.15, 0.2) is 0 Å². The SMILES string of the molecule is Cc1cccc(C)c1NC(=O)CN1C(=O)C2(COc3cc4c(cc32)CCO4)c2ccccc21. The Bertz CT molecular complexity index is 1310. The van der Waals surface area contributed by atoms with Gasteiger partial charge in [0, 0.05) is 29.4 Å². The zero-order chi connectivity index (χ0) is 22.7. The number of hydrogen-bond acceptors (Lipinski definition) is 4. The largest absolute Gasteiger partial charge is 0.493 e. The molecule has 1 N–H and O–H groups in total. The first kappa shape index (κ1) is 19.9. The number of fused-ring (bicyclic) bond motifs is 5. The lowest BCUT2D eigenvalue weighted by Crippen LogP contribution is -2.45. The Morgan fingerprint density at radius 1 is 1.00 bits per heavy atom. The van der Waals surface area contributed by atoms with Crippen molar-refractivity contribution in [2.45, 2.75) is 25.7 Å². The van der Waals surface area contributed by atoms with Crippen molar-refractivity contribution in [1.82, 2.24) is 0 Å². The third kappa shape index (κ3) is 2.80. The molecule has 0 saturated heterocycles. The minimum atomic E-state index is -0.942. The third-order valence-corrected chi connectivity index (χ3v) is 7.01. The molecule has 3 heterocycles. The van der Waals surface area contributed by atoms with Crippen molar-refractivity contribution >= 4 is 23.2 Å². The summed E-state index contributed by atoms with van der Waals surface area (Å²) in [7, 11) is 0. The first-order valence-corrected chi connectivity index (χ1v) is 11.2. The fourth-order valence-electron chi connectivity index (χ4n) is 5.34. The Balaban J connectivity index is 1.38. The standard InChI is InChI=1S/C27H24N2O4/c1-16-6-5-7-17(2)25(16)28-24(30)14-29-21-9-4-3-8-19(21)27(26(29)31)15-33-23-13-22-18(10-11-32-22)12-20(23)27/h3-9,12-13H,10-11,14-15H2,1-2H3,(H,28,30). The highest BCUT2D eigenvalue weighted by molar-refractivity contribution is 6.14. The molecule has 0 saturated carbocycles. The van der Waals surface area contributed by atoms with E-state index in [0.29, 0.717) is 12.4 Å². The molecule has 3 aromatic rings. The molecule has 1 atom stereocenters. The van der Waals surface area contributed by atoms with E-state index in [4.69, 9.17) is 9.47 Å². The highest BCUT2D eigenvalue weighted by Gasteiger charge is 2.57. The Morgan fingerprint density at radius 2 is 1.79 bits per heavy atom. The fraction of sp³-hybridized carbons (Fsp3) is 0.259. The molecule has 6 rings (SSSR count). The van der Waals surface area contributed by atoms with Crippen molar-refractivity contribution in [3.63, 3.8) is 0 Å². The summed E-state index contributed by atoms with van der Waals surface area (Å²) in [6.45, 7) is 4.72. The van der Waals surface area contributed by atoms with Gasteiger partial charge in [0.1, 0.15) is 30.1 Å². The summed E-state index contributed by atoms with van der Waals surface area (Å²) in [5.41, 5.74) is 5.42. The molecule has 1 spiro atoms. The zero-order valence-electron chi connectivity index (χ0n) is 18.6. The number of aryl methyl sites for hydroxylation is 2. The second-order valence-corrected chi connectivity index (χ2v) is 8.97. The van der Waals surface area contributed by atoms with Crippen LogP contribution in [-0.4, -0.2) is 31.6 Å². The van der Waals surface area contributed by atoms with E-state index in [1.165, 1.54) is 0 Å². The minimum Gasteiger partial charge on any atom is -0.493 e. The van der Waals surface area contributed by atoms with Gasteiger partial charge in [-0.2, -0.15) is 0 Å². The molecule has 3 aliphatic rings. The number of rotatable bonds is 3. The van der Waals surface area contributed by atoms with Gasteiger partial charge in [-0.25, -0.2) is 0 Å². The number of anilines is 2. The van der Waals surface area contributed by atoms with Crippen molar-refractivity contribution in [3.05, 3.63) is 82.4 Å². The molecule has 0 fully saturated rings. The summed E-state index contributed by atoms with van der Waals surface area (Å²) in [5.74, 6) is 1.15. The Kier molecular flexibility index (Phi) is 4.27. The normalized spacial score (nSPS) is 19.7. The van der Waals surface area contributed by atoms with Crippen LogP contribution in [0, 0.1) is 13.8 Å². The van der Waals surface area contributed by atoms with Crippen LogP contribution < -0.4 is 19.7 Å². The molecule has 3 aliphatic heterocycles. The van der Waals surface area contributed by atoms with Gasteiger partial charge in [-0.05, 0) is 48.2 Å². The molecule has 2 amide bonds. The number of para-hydroxylation sites is 2.